The summed E-state index contributed by atoms with van der Waals surface area (Å²) in [5.74, 6) is 1.30. The number of nitrogens with zero attached hydrogens (tertiary/aromatic N) is 2. The van der Waals surface area contributed by atoms with Crippen LogP contribution >= 0.6 is 11.3 Å². The zero-order valence-corrected chi connectivity index (χ0v) is 18.2. The zero-order chi connectivity index (χ0) is 22.0. The highest BCUT2D eigenvalue weighted by Crippen LogP contribution is 2.37. The van der Waals surface area contributed by atoms with Gasteiger partial charge in [-0.15, -0.1) is 0 Å². The van der Waals surface area contributed by atoms with Gasteiger partial charge in [-0.2, -0.15) is 4.99 Å². The Balaban J connectivity index is 1.60. The zero-order valence-electron chi connectivity index (χ0n) is 17.4. The van der Waals surface area contributed by atoms with Gasteiger partial charge < -0.3 is 23.5 Å². The van der Waals surface area contributed by atoms with Crippen LogP contribution in [0, 0.1) is 0 Å². The van der Waals surface area contributed by atoms with E-state index in [9.17, 15) is 9.59 Å². The van der Waals surface area contributed by atoms with Crippen LogP contribution in [0.15, 0.2) is 41.4 Å². The molecule has 8 nitrogen and oxygen atoms in total. The molecule has 0 aliphatic carbocycles. The Morgan fingerprint density at radius 1 is 1.16 bits per heavy atom. The normalized spacial score (nSPS) is 13.1. The molecule has 1 aliphatic rings. The van der Waals surface area contributed by atoms with E-state index in [1.807, 2.05) is 30.3 Å². The fraction of sp³-hybridized carbons (Fsp3) is 0.318. The molecule has 0 spiro atoms. The van der Waals surface area contributed by atoms with Crippen molar-refractivity contribution in [3.05, 3.63) is 46.8 Å². The highest BCUT2D eigenvalue weighted by atomic mass is 32.1. The van der Waals surface area contributed by atoms with Crippen molar-refractivity contribution in [2.75, 3.05) is 20.5 Å². The summed E-state index contributed by atoms with van der Waals surface area (Å²) >= 11 is 1.27. The number of benzene rings is 2. The van der Waals surface area contributed by atoms with Gasteiger partial charge in [-0.3, -0.25) is 9.59 Å². The molecule has 2 heterocycles. The van der Waals surface area contributed by atoms with Crippen LogP contribution in [0.2, 0.25) is 0 Å². The van der Waals surface area contributed by atoms with Gasteiger partial charge in [0.15, 0.2) is 22.9 Å². The number of aromatic nitrogens is 1. The van der Waals surface area contributed by atoms with Gasteiger partial charge in [0.05, 0.1) is 17.3 Å². The van der Waals surface area contributed by atoms with E-state index >= 15 is 0 Å². The number of carbonyl (C=O) groups excluding carboxylic acids is 2. The molecule has 0 radical (unpaired) electrons. The Labute approximate surface area is 182 Å². The summed E-state index contributed by atoms with van der Waals surface area (Å²) in [5.41, 5.74) is 1.90. The number of hydrogen-bond donors (Lipinski definition) is 0. The third kappa shape index (κ3) is 4.56. The average Bonchev–Trinajstić information content (AvgIpc) is 3.34. The van der Waals surface area contributed by atoms with E-state index in [1.54, 1.807) is 10.6 Å². The van der Waals surface area contributed by atoms with Gasteiger partial charge in [0, 0.05) is 12.1 Å². The van der Waals surface area contributed by atoms with Crippen LogP contribution in [0.4, 0.5) is 0 Å². The van der Waals surface area contributed by atoms with Gasteiger partial charge in [0.2, 0.25) is 6.79 Å². The van der Waals surface area contributed by atoms with Crippen molar-refractivity contribution in [2.45, 2.75) is 26.3 Å². The van der Waals surface area contributed by atoms with Crippen molar-refractivity contribution in [1.82, 2.24) is 4.57 Å². The van der Waals surface area contributed by atoms with E-state index in [4.69, 9.17) is 18.9 Å². The monoisotopic (exact) mass is 442 g/mol. The first-order chi connectivity index (χ1) is 14.9. The van der Waals surface area contributed by atoms with E-state index < -0.39 is 11.9 Å². The molecule has 0 saturated carbocycles. The van der Waals surface area contributed by atoms with E-state index in [0.717, 1.165) is 4.70 Å². The van der Waals surface area contributed by atoms with Crippen molar-refractivity contribution in [1.29, 1.82) is 0 Å². The van der Waals surface area contributed by atoms with Crippen LogP contribution in [0.1, 0.15) is 25.3 Å². The molecule has 0 atom stereocenters. The second-order valence-electron chi connectivity index (χ2n) is 7.24. The number of hydrogen-bond acceptors (Lipinski definition) is 7. The summed E-state index contributed by atoms with van der Waals surface area (Å²) in [6.07, 6.45) is 0. The number of esters is 1. The van der Waals surface area contributed by atoms with Crippen LogP contribution in [-0.2, 0) is 20.9 Å². The predicted octanol–water partition coefficient (Wildman–Crippen LogP) is 3.23. The van der Waals surface area contributed by atoms with Gasteiger partial charge in [-0.05, 0) is 23.6 Å². The summed E-state index contributed by atoms with van der Waals surface area (Å²) in [6.45, 7) is 4.07. The maximum Gasteiger partial charge on any atom is 0.325 e. The molecule has 1 aliphatic heterocycles. The topological polar surface area (TPSA) is 88.4 Å². The molecule has 0 bridgehead atoms. The molecule has 1 amide bonds. The first-order valence-corrected chi connectivity index (χ1v) is 10.6. The SMILES string of the molecule is COC(=O)Cn1c(=NC(=O)COc2ccc(C(C)C)cc2)sc2cc3c(cc21)OCO3. The van der Waals surface area contributed by atoms with E-state index in [0.29, 0.717) is 33.5 Å². The number of carbonyl (C=O) groups is 2. The standard InChI is InChI=1S/C22H22N2O6S/c1-13(2)14-4-6-15(7-5-14)28-11-20(25)23-22-24(10-21(26)27-3)16-8-17-18(30-12-29-17)9-19(16)31-22/h4-9,13H,10-12H2,1-3H3. The summed E-state index contributed by atoms with van der Waals surface area (Å²) in [5, 5.41) is 0. The van der Waals surface area contributed by atoms with Gasteiger partial charge in [-0.25, -0.2) is 0 Å². The van der Waals surface area contributed by atoms with Crippen molar-refractivity contribution in [2.24, 2.45) is 4.99 Å². The molecule has 9 heteroatoms. The third-order valence-electron chi connectivity index (χ3n) is 4.82. The number of thiazole rings is 1. The van der Waals surface area contributed by atoms with Crippen molar-refractivity contribution < 1.29 is 28.5 Å². The van der Waals surface area contributed by atoms with E-state index in [-0.39, 0.29) is 19.9 Å². The first kappa shape index (κ1) is 20.9. The fourth-order valence-corrected chi connectivity index (χ4v) is 4.18. The number of methoxy groups -OCH3 is 1. The van der Waals surface area contributed by atoms with Gasteiger partial charge in [0.1, 0.15) is 12.3 Å². The molecule has 2 aromatic carbocycles. The molecule has 0 N–H and O–H groups in total. The molecule has 31 heavy (non-hydrogen) atoms. The summed E-state index contributed by atoms with van der Waals surface area (Å²) in [4.78, 5) is 29.0. The lowest BCUT2D eigenvalue weighted by Gasteiger charge is -2.07. The first-order valence-electron chi connectivity index (χ1n) is 9.74. The van der Waals surface area contributed by atoms with Crippen LogP contribution in [0.3, 0.4) is 0 Å². The Morgan fingerprint density at radius 2 is 1.87 bits per heavy atom. The Bertz CT molecular complexity index is 1190. The molecule has 3 aromatic rings. The minimum atomic E-state index is -0.460. The van der Waals surface area contributed by atoms with Crippen LogP contribution in [-0.4, -0.2) is 37.0 Å². The maximum atomic E-state index is 12.5. The summed E-state index contributed by atoms with van der Waals surface area (Å²) in [7, 11) is 1.31. The van der Waals surface area contributed by atoms with Crippen LogP contribution < -0.4 is 19.0 Å². The second kappa shape index (κ2) is 8.81. The van der Waals surface area contributed by atoms with E-state index in [1.165, 1.54) is 24.0 Å². The minimum Gasteiger partial charge on any atom is -0.484 e. The minimum absolute atomic E-state index is 0.0836. The van der Waals surface area contributed by atoms with Crippen molar-refractivity contribution >= 4 is 33.4 Å². The maximum absolute atomic E-state index is 12.5. The fourth-order valence-electron chi connectivity index (χ4n) is 3.12. The van der Waals surface area contributed by atoms with Crippen molar-refractivity contribution in [3.63, 3.8) is 0 Å². The lowest BCUT2D eigenvalue weighted by atomic mass is 10.0. The Kier molecular flexibility index (Phi) is 5.94. The van der Waals surface area contributed by atoms with Gasteiger partial charge in [0.25, 0.3) is 5.91 Å². The molecular formula is C22H22N2O6S. The molecule has 162 valence electrons. The predicted molar refractivity (Wildman–Crippen MR) is 115 cm³/mol. The highest BCUT2D eigenvalue weighted by Gasteiger charge is 2.19. The molecular weight excluding hydrogens is 420 g/mol. The van der Waals surface area contributed by atoms with E-state index in [2.05, 4.69) is 18.8 Å². The quantitative estimate of drug-likeness (QED) is 0.545. The lowest BCUT2D eigenvalue weighted by Crippen LogP contribution is -2.23. The molecule has 0 fully saturated rings. The highest BCUT2D eigenvalue weighted by molar-refractivity contribution is 7.16. The Morgan fingerprint density at radius 3 is 2.55 bits per heavy atom. The number of ether oxygens (including phenoxy) is 4. The molecule has 4 rings (SSSR count). The van der Waals surface area contributed by atoms with Crippen LogP contribution in [0.25, 0.3) is 10.2 Å². The molecule has 0 saturated heterocycles. The lowest BCUT2D eigenvalue weighted by molar-refractivity contribution is -0.141. The summed E-state index contributed by atoms with van der Waals surface area (Å²) in [6, 6.07) is 11.2. The van der Waals surface area contributed by atoms with Crippen molar-refractivity contribution in [3.8, 4) is 17.2 Å². The summed E-state index contributed by atoms with van der Waals surface area (Å²) < 4.78 is 23.7. The smallest absolute Gasteiger partial charge is 0.325 e. The number of fused-ring (bicyclic) bond motifs is 2. The molecule has 1 aromatic heterocycles. The number of amides is 1. The Hall–Kier alpha value is -3.33. The third-order valence-corrected chi connectivity index (χ3v) is 5.86. The largest absolute Gasteiger partial charge is 0.484 e. The van der Waals surface area contributed by atoms with Gasteiger partial charge in [-0.1, -0.05) is 37.3 Å². The number of rotatable bonds is 6. The van der Waals surface area contributed by atoms with Crippen LogP contribution in [0.5, 0.6) is 17.2 Å². The average molecular weight is 442 g/mol. The second-order valence-corrected chi connectivity index (χ2v) is 8.25. The van der Waals surface area contributed by atoms with Gasteiger partial charge >= 0.3 is 5.97 Å². The molecule has 0 unspecified atom stereocenters.